The second kappa shape index (κ2) is 8.49. The maximum atomic E-state index is 11.2. The lowest BCUT2D eigenvalue weighted by Crippen LogP contribution is -2.07. The maximum Gasteiger partial charge on any atom is 0.313 e. The van der Waals surface area contributed by atoms with E-state index in [2.05, 4.69) is 28.6 Å². The smallest absolute Gasteiger partial charge is 0.313 e. The van der Waals surface area contributed by atoms with Crippen molar-refractivity contribution < 1.29 is 9.66 Å². The Morgan fingerprint density at radius 2 is 1.93 bits per heavy atom. The van der Waals surface area contributed by atoms with Crippen molar-refractivity contribution in [2.45, 2.75) is 33.2 Å². The third-order valence-electron chi connectivity index (χ3n) is 4.51. The van der Waals surface area contributed by atoms with Gasteiger partial charge in [-0.15, -0.1) is 0 Å². The van der Waals surface area contributed by atoms with E-state index in [0.29, 0.717) is 17.9 Å². The van der Waals surface area contributed by atoms with E-state index >= 15 is 0 Å². The first-order chi connectivity index (χ1) is 13.1. The number of para-hydroxylation sites is 1. The van der Waals surface area contributed by atoms with E-state index in [0.717, 1.165) is 30.6 Å². The number of benzene rings is 2. The minimum Gasteiger partial charge on any atom is -0.487 e. The molecule has 0 aliphatic rings. The number of ether oxygens (including phenoxy) is 1. The van der Waals surface area contributed by atoms with E-state index in [1.54, 1.807) is 25.1 Å². The molecule has 0 saturated carbocycles. The van der Waals surface area contributed by atoms with Crippen LogP contribution in [0.2, 0.25) is 0 Å². The molecule has 1 heterocycles. The van der Waals surface area contributed by atoms with Crippen molar-refractivity contribution in [1.29, 1.82) is 0 Å². The maximum absolute atomic E-state index is 11.2. The topological polar surface area (TPSA) is 70.2 Å². The predicted octanol–water partition coefficient (Wildman–Crippen LogP) is 4.80. The summed E-state index contributed by atoms with van der Waals surface area (Å²) in [6.45, 7) is 5.00. The van der Waals surface area contributed by atoms with Crippen molar-refractivity contribution in [2.24, 2.45) is 0 Å². The minimum absolute atomic E-state index is 0.0424. The lowest BCUT2D eigenvalue weighted by atomic mass is 10.1. The molecule has 0 amide bonds. The van der Waals surface area contributed by atoms with Gasteiger partial charge in [0.05, 0.1) is 23.6 Å². The standard InChI is InChI=1S/C21H23N3O3/c1-3-18-20(17-10-5-4-6-11-17)22-15-23(18)13-8-14-27-19-12-7-9-16(2)21(19)24(25)26/h4-7,9-12,15H,3,8,13-14H2,1-2H3. The van der Waals surface area contributed by atoms with Crippen LogP contribution in [-0.4, -0.2) is 21.1 Å². The SMILES string of the molecule is CCc1c(-c2ccccc2)ncn1CCCOc1cccc(C)c1[N+](=O)[O-]. The molecule has 0 bridgehead atoms. The van der Waals surface area contributed by atoms with Gasteiger partial charge in [-0.1, -0.05) is 49.4 Å². The zero-order valence-electron chi connectivity index (χ0n) is 15.6. The van der Waals surface area contributed by atoms with Gasteiger partial charge in [0.2, 0.25) is 0 Å². The Morgan fingerprint density at radius 3 is 2.63 bits per heavy atom. The summed E-state index contributed by atoms with van der Waals surface area (Å²) in [5, 5.41) is 11.2. The number of rotatable bonds is 8. The summed E-state index contributed by atoms with van der Waals surface area (Å²) < 4.78 is 7.83. The van der Waals surface area contributed by atoms with Crippen LogP contribution in [0.3, 0.4) is 0 Å². The molecule has 0 radical (unpaired) electrons. The van der Waals surface area contributed by atoms with Gasteiger partial charge in [0.15, 0.2) is 5.75 Å². The van der Waals surface area contributed by atoms with Crippen molar-refractivity contribution in [3.05, 3.63) is 76.2 Å². The highest BCUT2D eigenvalue weighted by Gasteiger charge is 2.18. The lowest BCUT2D eigenvalue weighted by Gasteiger charge is -2.10. The first kappa shape index (κ1) is 18.6. The van der Waals surface area contributed by atoms with Crippen LogP contribution < -0.4 is 4.74 Å². The summed E-state index contributed by atoms with van der Waals surface area (Å²) in [7, 11) is 0. The van der Waals surface area contributed by atoms with E-state index in [4.69, 9.17) is 4.74 Å². The number of nitrogens with zero attached hydrogens (tertiary/aromatic N) is 3. The molecule has 0 aliphatic carbocycles. The van der Waals surface area contributed by atoms with Crippen LogP contribution in [0.5, 0.6) is 5.75 Å². The fourth-order valence-electron chi connectivity index (χ4n) is 3.21. The number of hydrogen-bond acceptors (Lipinski definition) is 4. The van der Waals surface area contributed by atoms with Crippen LogP contribution in [0.4, 0.5) is 5.69 Å². The quantitative estimate of drug-likeness (QED) is 0.327. The van der Waals surface area contributed by atoms with Crippen LogP contribution in [0.15, 0.2) is 54.9 Å². The Labute approximate surface area is 158 Å². The van der Waals surface area contributed by atoms with Gasteiger partial charge < -0.3 is 9.30 Å². The van der Waals surface area contributed by atoms with Gasteiger partial charge in [0.1, 0.15) is 0 Å². The molecule has 0 unspecified atom stereocenters. The van der Waals surface area contributed by atoms with E-state index in [1.165, 1.54) is 5.69 Å². The molecule has 6 nitrogen and oxygen atoms in total. The Bertz CT molecular complexity index is 920. The number of nitro groups is 1. The molecule has 6 heteroatoms. The summed E-state index contributed by atoms with van der Waals surface area (Å²) in [4.78, 5) is 15.4. The molecule has 0 N–H and O–H groups in total. The zero-order chi connectivity index (χ0) is 19.2. The summed E-state index contributed by atoms with van der Waals surface area (Å²) in [6, 6.07) is 15.3. The largest absolute Gasteiger partial charge is 0.487 e. The molecular weight excluding hydrogens is 342 g/mol. The van der Waals surface area contributed by atoms with E-state index < -0.39 is 0 Å². The fraction of sp³-hybridized carbons (Fsp3) is 0.286. The zero-order valence-corrected chi connectivity index (χ0v) is 15.6. The highest BCUT2D eigenvalue weighted by Crippen LogP contribution is 2.30. The lowest BCUT2D eigenvalue weighted by molar-refractivity contribution is -0.386. The van der Waals surface area contributed by atoms with Crippen molar-refractivity contribution in [2.75, 3.05) is 6.61 Å². The summed E-state index contributed by atoms with van der Waals surface area (Å²) >= 11 is 0. The minimum atomic E-state index is -0.387. The second-order valence-electron chi connectivity index (χ2n) is 6.33. The van der Waals surface area contributed by atoms with Crippen molar-refractivity contribution in [3.8, 4) is 17.0 Å². The predicted molar refractivity (Wildman–Crippen MR) is 105 cm³/mol. The average molecular weight is 365 g/mol. The van der Waals surface area contributed by atoms with E-state index in [-0.39, 0.29) is 10.6 Å². The average Bonchev–Trinajstić information content (AvgIpc) is 3.08. The van der Waals surface area contributed by atoms with Crippen LogP contribution in [0, 0.1) is 17.0 Å². The van der Waals surface area contributed by atoms with Crippen LogP contribution >= 0.6 is 0 Å². The normalized spacial score (nSPS) is 10.7. The molecule has 27 heavy (non-hydrogen) atoms. The molecule has 0 spiro atoms. The summed E-state index contributed by atoms with van der Waals surface area (Å²) in [5.41, 5.74) is 3.95. The van der Waals surface area contributed by atoms with Crippen LogP contribution in [-0.2, 0) is 13.0 Å². The molecule has 140 valence electrons. The van der Waals surface area contributed by atoms with Crippen molar-refractivity contribution in [1.82, 2.24) is 9.55 Å². The molecule has 0 fully saturated rings. The number of imidazole rings is 1. The Balaban J connectivity index is 1.65. The van der Waals surface area contributed by atoms with Gasteiger partial charge in [0.25, 0.3) is 0 Å². The number of nitro benzene ring substituents is 1. The summed E-state index contributed by atoms with van der Waals surface area (Å²) in [5.74, 6) is 0.325. The number of hydrogen-bond donors (Lipinski definition) is 0. The highest BCUT2D eigenvalue weighted by molar-refractivity contribution is 5.61. The van der Waals surface area contributed by atoms with Gasteiger partial charge in [-0.05, 0) is 25.8 Å². The highest BCUT2D eigenvalue weighted by atomic mass is 16.6. The molecule has 3 rings (SSSR count). The molecule has 2 aromatic carbocycles. The molecule has 1 aromatic heterocycles. The third-order valence-corrected chi connectivity index (χ3v) is 4.51. The van der Waals surface area contributed by atoms with Gasteiger partial charge >= 0.3 is 5.69 Å². The Kier molecular flexibility index (Phi) is 5.86. The first-order valence-electron chi connectivity index (χ1n) is 9.08. The monoisotopic (exact) mass is 365 g/mol. The van der Waals surface area contributed by atoms with Gasteiger partial charge in [-0.2, -0.15) is 0 Å². The molecule has 0 saturated heterocycles. The number of aryl methyl sites for hydroxylation is 2. The Morgan fingerprint density at radius 1 is 1.15 bits per heavy atom. The van der Waals surface area contributed by atoms with Crippen LogP contribution in [0.1, 0.15) is 24.6 Å². The van der Waals surface area contributed by atoms with Crippen molar-refractivity contribution >= 4 is 5.69 Å². The van der Waals surface area contributed by atoms with Gasteiger partial charge in [0, 0.05) is 23.4 Å². The molecule has 3 aromatic rings. The molecule has 0 atom stereocenters. The van der Waals surface area contributed by atoms with Gasteiger partial charge in [-0.25, -0.2) is 4.98 Å². The van der Waals surface area contributed by atoms with Gasteiger partial charge in [-0.3, -0.25) is 10.1 Å². The first-order valence-corrected chi connectivity index (χ1v) is 9.08. The van der Waals surface area contributed by atoms with Crippen molar-refractivity contribution in [3.63, 3.8) is 0 Å². The third kappa shape index (κ3) is 4.16. The van der Waals surface area contributed by atoms with Crippen LogP contribution in [0.25, 0.3) is 11.3 Å². The van der Waals surface area contributed by atoms with E-state index in [1.807, 2.05) is 24.5 Å². The van der Waals surface area contributed by atoms with E-state index in [9.17, 15) is 10.1 Å². The second-order valence-corrected chi connectivity index (χ2v) is 6.33. The molecule has 0 aliphatic heterocycles. The fourth-order valence-corrected chi connectivity index (χ4v) is 3.21. The molecular formula is C21H23N3O3. The number of aromatic nitrogens is 2. The summed E-state index contributed by atoms with van der Waals surface area (Å²) in [6.07, 6.45) is 3.48. The Hall–Kier alpha value is -3.15.